The van der Waals surface area contributed by atoms with E-state index in [4.69, 9.17) is 11.6 Å². The van der Waals surface area contributed by atoms with Gasteiger partial charge in [-0.1, -0.05) is 54.9 Å². The molecule has 1 amide bonds. The lowest BCUT2D eigenvalue weighted by atomic mass is 9.77. The van der Waals surface area contributed by atoms with E-state index in [0.29, 0.717) is 32.5 Å². The fraction of sp³-hybridized carbons (Fsp3) is 0.458. The maximum absolute atomic E-state index is 13.2. The number of carbonyl (C=O) groups excluding carboxylic acids is 1. The fourth-order valence-electron chi connectivity index (χ4n) is 4.72. The molecule has 2 aliphatic rings. The van der Waals surface area contributed by atoms with Crippen LogP contribution in [-0.4, -0.2) is 49.7 Å². The molecule has 5 nitrogen and oxygen atoms in total. The topological polar surface area (TPSA) is 57.7 Å². The third kappa shape index (κ3) is 4.38. The number of hydrogen-bond donors (Lipinski definition) is 0. The number of sulfonamides is 1. The number of aryl methyl sites for hydroxylation is 1. The van der Waals surface area contributed by atoms with Crippen molar-refractivity contribution in [1.29, 1.82) is 0 Å². The Morgan fingerprint density at radius 2 is 1.55 bits per heavy atom. The molecule has 2 aliphatic heterocycles. The molecular formula is C24H29ClN2O3S. The second-order valence-corrected chi connectivity index (χ2v) is 10.9. The van der Waals surface area contributed by atoms with Crippen LogP contribution >= 0.6 is 11.6 Å². The van der Waals surface area contributed by atoms with Crippen molar-refractivity contribution in [2.24, 2.45) is 5.41 Å². The number of hydrogen-bond acceptors (Lipinski definition) is 3. The van der Waals surface area contributed by atoms with E-state index in [1.165, 1.54) is 21.5 Å². The smallest absolute Gasteiger partial charge is 0.244 e. The zero-order valence-corrected chi connectivity index (χ0v) is 19.5. The van der Waals surface area contributed by atoms with Gasteiger partial charge in [0.05, 0.1) is 10.4 Å². The molecule has 2 saturated heterocycles. The highest BCUT2D eigenvalue weighted by molar-refractivity contribution is 7.89. The van der Waals surface area contributed by atoms with E-state index in [1.807, 2.05) is 4.90 Å². The number of amides is 1. The molecule has 166 valence electrons. The van der Waals surface area contributed by atoms with E-state index in [-0.39, 0.29) is 15.8 Å². The first-order valence-corrected chi connectivity index (χ1v) is 12.8. The summed E-state index contributed by atoms with van der Waals surface area (Å²) in [6, 6.07) is 15.1. The predicted molar refractivity (Wildman–Crippen MR) is 123 cm³/mol. The van der Waals surface area contributed by atoms with Crippen LogP contribution < -0.4 is 0 Å². The predicted octanol–water partition coefficient (Wildman–Crippen LogP) is 4.15. The quantitative estimate of drug-likeness (QED) is 0.650. The van der Waals surface area contributed by atoms with Crippen molar-refractivity contribution in [3.05, 3.63) is 64.7 Å². The summed E-state index contributed by atoms with van der Waals surface area (Å²) in [5.41, 5.74) is 2.14. The fourth-order valence-corrected chi connectivity index (χ4v) is 6.66. The summed E-state index contributed by atoms with van der Waals surface area (Å²) in [4.78, 5) is 15.3. The number of halogens is 1. The molecular weight excluding hydrogens is 432 g/mol. The minimum Gasteiger partial charge on any atom is -0.342 e. The number of carbonyl (C=O) groups is 1. The van der Waals surface area contributed by atoms with Crippen LogP contribution in [0.2, 0.25) is 5.02 Å². The highest BCUT2D eigenvalue weighted by Gasteiger charge is 2.49. The van der Waals surface area contributed by atoms with Crippen molar-refractivity contribution in [1.82, 2.24) is 9.21 Å². The first-order chi connectivity index (χ1) is 14.9. The number of piperidine rings is 1. The first-order valence-electron chi connectivity index (χ1n) is 11.0. The Bertz CT molecular complexity index is 1040. The standard InChI is InChI=1S/C24H29ClN2O3S/c1-2-19-7-9-20(10-8-19)11-15-26-16-12-24(23(26)28)13-17-27(18-14-24)31(29,30)22-6-4-3-5-21(22)25/h3-10H,2,11-18H2,1H3. The monoisotopic (exact) mass is 460 g/mol. The third-order valence-electron chi connectivity index (χ3n) is 6.84. The Hall–Kier alpha value is -1.89. The molecule has 2 aromatic carbocycles. The minimum atomic E-state index is -3.65. The van der Waals surface area contributed by atoms with Gasteiger partial charge in [-0.15, -0.1) is 0 Å². The van der Waals surface area contributed by atoms with Gasteiger partial charge >= 0.3 is 0 Å². The van der Waals surface area contributed by atoms with Gasteiger partial charge in [-0.25, -0.2) is 8.42 Å². The first kappa shape index (κ1) is 22.3. The van der Waals surface area contributed by atoms with Gasteiger partial charge in [0.2, 0.25) is 15.9 Å². The van der Waals surface area contributed by atoms with E-state index >= 15 is 0 Å². The molecule has 31 heavy (non-hydrogen) atoms. The Morgan fingerprint density at radius 3 is 2.19 bits per heavy atom. The van der Waals surface area contributed by atoms with E-state index < -0.39 is 15.4 Å². The number of nitrogens with zero attached hydrogens (tertiary/aromatic N) is 2. The molecule has 0 aliphatic carbocycles. The van der Waals surface area contributed by atoms with Gasteiger partial charge in [0.25, 0.3) is 0 Å². The van der Waals surface area contributed by atoms with Crippen molar-refractivity contribution in [3.8, 4) is 0 Å². The summed E-state index contributed by atoms with van der Waals surface area (Å²) >= 11 is 6.13. The van der Waals surface area contributed by atoms with Crippen LogP contribution in [0.25, 0.3) is 0 Å². The molecule has 2 aromatic rings. The molecule has 7 heteroatoms. The summed E-state index contributed by atoms with van der Waals surface area (Å²) in [5, 5.41) is 0.234. The van der Waals surface area contributed by atoms with Crippen LogP contribution in [0.5, 0.6) is 0 Å². The molecule has 2 fully saturated rings. The van der Waals surface area contributed by atoms with Crippen LogP contribution in [0.4, 0.5) is 0 Å². The Kier molecular flexibility index (Phi) is 6.42. The van der Waals surface area contributed by atoms with Gasteiger partial charge in [0, 0.05) is 26.2 Å². The number of benzene rings is 2. The van der Waals surface area contributed by atoms with Crippen LogP contribution in [-0.2, 0) is 27.7 Å². The summed E-state index contributed by atoms with van der Waals surface area (Å²) in [5.74, 6) is 0.187. The Morgan fingerprint density at radius 1 is 0.935 bits per heavy atom. The molecule has 0 N–H and O–H groups in total. The summed E-state index contributed by atoms with van der Waals surface area (Å²) in [7, 11) is -3.65. The van der Waals surface area contributed by atoms with Crippen LogP contribution in [0, 0.1) is 5.41 Å². The SMILES string of the molecule is CCc1ccc(CCN2CCC3(CCN(S(=O)(=O)c4ccccc4Cl)CC3)C2=O)cc1. The lowest BCUT2D eigenvalue weighted by molar-refractivity contribution is -0.137. The van der Waals surface area contributed by atoms with Crippen molar-refractivity contribution in [2.75, 3.05) is 26.2 Å². The zero-order valence-electron chi connectivity index (χ0n) is 17.9. The van der Waals surface area contributed by atoms with Crippen LogP contribution in [0.15, 0.2) is 53.4 Å². The van der Waals surface area contributed by atoms with Gasteiger partial charge in [-0.3, -0.25) is 4.79 Å². The number of rotatable bonds is 6. The average molecular weight is 461 g/mol. The molecule has 2 heterocycles. The molecule has 0 saturated carbocycles. The lowest BCUT2D eigenvalue weighted by Crippen LogP contribution is -2.46. The highest BCUT2D eigenvalue weighted by atomic mass is 35.5. The molecule has 4 rings (SSSR count). The lowest BCUT2D eigenvalue weighted by Gasteiger charge is -2.37. The molecule has 0 aromatic heterocycles. The molecule has 0 unspecified atom stereocenters. The normalized spacial score (nSPS) is 19.3. The molecule has 0 atom stereocenters. The van der Waals surface area contributed by atoms with Gasteiger partial charge in [0.1, 0.15) is 4.90 Å². The summed E-state index contributed by atoms with van der Waals surface area (Å²) < 4.78 is 27.5. The maximum atomic E-state index is 13.2. The molecule has 0 bridgehead atoms. The average Bonchev–Trinajstić information content (AvgIpc) is 3.08. The largest absolute Gasteiger partial charge is 0.342 e. The van der Waals surface area contributed by atoms with E-state index in [1.54, 1.807) is 18.2 Å². The third-order valence-corrected chi connectivity index (χ3v) is 9.24. The Labute approximate surface area is 190 Å². The minimum absolute atomic E-state index is 0.140. The maximum Gasteiger partial charge on any atom is 0.244 e. The van der Waals surface area contributed by atoms with Crippen molar-refractivity contribution in [3.63, 3.8) is 0 Å². The number of likely N-dealkylation sites (tertiary alicyclic amines) is 1. The van der Waals surface area contributed by atoms with E-state index in [0.717, 1.165) is 25.8 Å². The van der Waals surface area contributed by atoms with Crippen LogP contribution in [0.3, 0.4) is 0 Å². The van der Waals surface area contributed by atoms with E-state index in [9.17, 15) is 13.2 Å². The Balaban J connectivity index is 1.37. The van der Waals surface area contributed by atoms with Crippen molar-refractivity contribution >= 4 is 27.5 Å². The highest BCUT2D eigenvalue weighted by Crippen LogP contribution is 2.42. The summed E-state index contributed by atoms with van der Waals surface area (Å²) in [6.45, 7) is 4.32. The van der Waals surface area contributed by atoms with Crippen LogP contribution in [0.1, 0.15) is 37.3 Å². The second-order valence-electron chi connectivity index (χ2n) is 8.58. The van der Waals surface area contributed by atoms with E-state index in [2.05, 4.69) is 31.2 Å². The summed E-state index contributed by atoms with van der Waals surface area (Å²) in [6.07, 6.45) is 3.81. The van der Waals surface area contributed by atoms with Gasteiger partial charge in [-0.05, 0) is 55.4 Å². The van der Waals surface area contributed by atoms with Crippen molar-refractivity contribution < 1.29 is 13.2 Å². The van der Waals surface area contributed by atoms with Crippen molar-refractivity contribution in [2.45, 2.75) is 43.9 Å². The molecule has 1 spiro atoms. The van der Waals surface area contributed by atoms with Gasteiger partial charge in [0.15, 0.2) is 0 Å². The molecule has 0 radical (unpaired) electrons. The van der Waals surface area contributed by atoms with Gasteiger partial charge in [-0.2, -0.15) is 4.31 Å². The zero-order chi connectivity index (χ0) is 22.1. The second kappa shape index (κ2) is 8.93. The van der Waals surface area contributed by atoms with Gasteiger partial charge < -0.3 is 4.90 Å².